The van der Waals surface area contributed by atoms with Crippen molar-refractivity contribution in [3.05, 3.63) is 35.9 Å². The first-order chi connectivity index (χ1) is 43.8. The second-order valence-corrected chi connectivity index (χ2v) is 28.3. The standard InChI is InChI=1S/C61H92N2O31S/c1-28(64)62-38-45(84-30(3)66)44(36(26-82-56(74)60(12,13)14)89-50(38)79-23-33-21-19-18-20-22-33)92-53-49(86-32(5)68)48(41(70)35(88-53)25-81-55(73)59(9,10)11)93-51-39(63-29(2)65)46(85-31(4)67)43(37(90-51)27-83-57(75)61(15,16)17)91-52-42(71)47(94-95(76,77)78)40(69)34(87-52)24-80-54(72)58(6,7)8/h18-22,34-53,69-71H,23-27H2,1-17H3,(H,62,64)(H,63,65)(H,76,77,78)/t34-,35-,36-,37-,38-,39-,40+,41+,42-,43-,44-,45-,46-,47+,48+,49-,50-,51+,52+,53+/m1/s1. The lowest BCUT2D eigenvalue weighted by Crippen LogP contribution is -2.71. The van der Waals surface area contributed by atoms with Crippen LogP contribution in [0.1, 0.15) is 123 Å². The number of hydrogen-bond donors (Lipinski definition) is 6. The Labute approximate surface area is 550 Å². The summed E-state index contributed by atoms with van der Waals surface area (Å²) in [7, 11) is -5.54. The quantitative estimate of drug-likeness (QED) is 0.0471. The van der Waals surface area contributed by atoms with Gasteiger partial charge in [0.15, 0.2) is 43.5 Å². The highest BCUT2D eigenvalue weighted by Crippen LogP contribution is 2.39. The molecule has 2 amide bonds. The Hall–Kier alpha value is -6.12. The van der Waals surface area contributed by atoms with E-state index in [9.17, 15) is 71.4 Å². The molecule has 4 heterocycles. The third-order valence-electron chi connectivity index (χ3n) is 14.5. The molecule has 1 aromatic carbocycles. The van der Waals surface area contributed by atoms with Gasteiger partial charge in [0.1, 0.15) is 106 Å². The second-order valence-electron chi connectivity index (χ2n) is 27.3. The molecule has 34 heteroatoms. The zero-order valence-electron chi connectivity index (χ0n) is 56.2. The van der Waals surface area contributed by atoms with E-state index < -0.39 is 235 Å². The van der Waals surface area contributed by atoms with Crippen LogP contribution in [-0.2, 0) is 135 Å². The summed E-state index contributed by atoms with van der Waals surface area (Å²) < 4.78 is 130. The summed E-state index contributed by atoms with van der Waals surface area (Å²) in [6, 6.07) is 5.27. The Bertz CT molecular complexity index is 2940. The van der Waals surface area contributed by atoms with Crippen molar-refractivity contribution in [1.82, 2.24) is 10.6 Å². The molecule has 0 aromatic heterocycles. The molecule has 4 saturated heterocycles. The molecule has 20 atom stereocenters. The maximum absolute atomic E-state index is 13.6. The van der Waals surface area contributed by atoms with E-state index in [2.05, 4.69) is 10.6 Å². The van der Waals surface area contributed by atoms with Crippen LogP contribution in [0.25, 0.3) is 0 Å². The van der Waals surface area contributed by atoms with Gasteiger partial charge in [-0.1, -0.05) is 30.3 Å². The van der Waals surface area contributed by atoms with Gasteiger partial charge in [-0.05, 0) is 88.6 Å². The summed E-state index contributed by atoms with van der Waals surface area (Å²) in [5.74, 6) is -8.18. The molecule has 0 radical (unpaired) electrons. The van der Waals surface area contributed by atoms with E-state index in [1.54, 1.807) is 51.1 Å². The molecule has 538 valence electrons. The molecule has 0 spiro atoms. The molecule has 0 unspecified atom stereocenters. The number of aliphatic hydroxyl groups is 3. The first-order valence-corrected chi connectivity index (χ1v) is 31.8. The highest BCUT2D eigenvalue weighted by molar-refractivity contribution is 7.80. The first-order valence-electron chi connectivity index (χ1n) is 30.5. The minimum atomic E-state index is -5.54. The maximum atomic E-state index is 13.6. The summed E-state index contributed by atoms with van der Waals surface area (Å²) >= 11 is 0. The summed E-state index contributed by atoms with van der Waals surface area (Å²) in [5, 5.41) is 40.9. The van der Waals surface area contributed by atoms with E-state index in [1.807, 2.05) is 0 Å². The maximum Gasteiger partial charge on any atom is 0.397 e. The van der Waals surface area contributed by atoms with Crippen molar-refractivity contribution in [1.29, 1.82) is 0 Å². The van der Waals surface area contributed by atoms with Crippen molar-refractivity contribution in [2.45, 2.75) is 247 Å². The van der Waals surface area contributed by atoms with Gasteiger partial charge in [-0.3, -0.25) is 47.7 Å². The van der Waals surface area contributed by atoms with Gasteiger partial charge < -0.3 is 97.0 Å². The Morgan fingerprint density at radius 2 is 0.768 bits per heavy atom. The van der Waals surface area contributed by atoms with Gasteiger partial charge in [0.2, 0.25) is 11.8 Å². The van der Waals surface area contributed by atoms with Crippen molar-refractivity contribution in [2.75, 3.05) is 26.4 Å². The third kappa shape index (κ3) is 23.0. The fraction of sp³-hybridized carbons (Fsp3) is 0.754. The number of hydrogen-bond acceptors (Lipinski definition) is 30. The average molecular weight is 1380 g/mol. The topological polar surface area (TPSA) is 440 Å². The lowest BCUT2D eigenvalue weighted by molar-refractivity contribution is -0.378. The second kappa shape index (κ2) is 33.0. The Morgan fingerprint density at radius 3 is 1.16 bits per heavy atom. The number of esters is 7. The van der Waals surface area contributed by atoms with Gasteiger partial charge in [0.25, 0.3) is 0 Å². The van der Waals surface area contributed by atoms with Crippen molar-refractivity contribution in [3.63, 3.8) is 0 Å². The largest absolute Gasteiger partial charge is 0.462 e. The van der Waals surface area contributed by atoms with E-state index in [-0.39, 0.29) is 6.61 Å². The number of aliphatic hydroxyl groups excluding tert-OH is 3. The third-order valence-corrected chi connectivity index (χ3v) is 15.0. The molecular formula is C61H92N2O31S. The molecule has 33 nitrogen and oxygen atoms in total. The SMILES string of the molecule is CC(=O)N[C@H]1[C@H](O[C@H]2[C@@H](O)[C@@H](COC(=O)C(C)(C)C)O[C@@H](O[C@H]3[C@H](OC(C)=O)[C@@H](NC(C)=O)[C@H](OCc4ccccc4)O[C@@H]3COC(=O)C(C)(C)C)[C@@H]2OC(C)=O)O[C@H](COC(=O)C(C)(C)C)[C@@H](O[C@@H]2O[C@H](COC(=O)C(C)(C)C)[C@H](O)[C@H](OS(=O)(=O)O)[C@H]2O)[C@@H]1OC(C)=O. The van der Waals surface area contributed by atoms with Gasteiger partial charge in [0, 0.05) is 34.6 Å². The van der Waals surface area contributed by atoms with Crippen LogP contribution in [-0.4, -0.2) is 231 Å². The van der Waals surface area contributed by atoms with Crippen LogP contribution >= 0.6 is 0 Å². The molecule has 4 fully saturated rings. The monoisotopic (exact) mass is 1380 g/mol. The van der Waals surface area contributed by atoms with Crippen LogP contribution in [0.15, 0.2) is 30.3 Å². The summed E-state index contributed by atoms with van der Waals surface area (Å²) in [4.78, 5) is 121. The van der Waals surface area contributed by atoms with E-state index in [4.69, 9.17) is 75.2 Å². The Balaban J connectivity index is 1.73. The Morgan fingerprint density at radius 1 is 0.432 bits per heavy atom. The average Bonchev–Trinajstić information content (AvgIpc) is 0.766. The first kappa shape index (κ1) is 79.6. The smallest absolute Gasteiger partial charge is 0.397 e. The summed E-state index contributed by atoms with van der Waals surface area (Å²) in [5.41, 5.74) is -4.07. The van der Waals surface area contributed by atoms with E-state index in [0.29, 0.717) is 5.56 Å². The van der Waals surface area contributed by atoms with Crippen molar-refractivity contribution in [3.8, 4) is 0 Å². The number of carbonyl (C=O) groups excluding carboxylic acids is 9. The highest BCUT2D eigenvalue weighted by Gasteiger charge is 2.60. The van der Waals surface area contributed by atoms with Crippen LogP contribution in [0.4, 0.5) is 0 Å². The fourth-order valence-corrected chi connectivity index (χ4v) is 10.3. The van der Waals surface area contributed by atoms with Gasteiger partial charge in [0.05, 0.1) is 28.3 Å². The number of rotatable bonds is 24. The normalized spacial score (nSPS) is 31.5. The molecule has 0 aliphatic carbocycles. The van der Waals surface area contributed by atoms with Crippen LogP contribution in [0.2, 0.25) is 0 Å². The zero-order chi connectivity index (χ0) is 71.6. The van der Waals surface area contributed by atoms with Crippen LogP contribution in [0, 0.1) is 21.7 Å². The van der Waals surface area contributed by atoms with Crippen molar-refractivity contribution >= 4 is 64.0 Å². The molecule has 4 aliphatic rings. The highest BCUT2D eigenvalue weighted by atomic mass is 32.3. The molecule has 5 rings (SSSR count). The minimum absolute atomic E-state index is 0.155. The predicted octanol–water partition coefficient (Wildman–Crippen LogP) is 0.691. The lowest BCUT2D eigenvalue weighted by Gasteiger charge is -2.51. The van der Waals surface area contributed by atoms with Crippen LogP contribution in [0.5, 0.6) is 0 Å². The van der Waals surface area contributed by atoms with E-state index in [1.165, 1.54) is 62.3 Å². The molecule has 95 heavy (non-hydrogen) atoms. The van der Waals surface area contributed by atoms with Gasteiger partial charge >= 0.3 is 52.2 Å². The fourth-order valence-electron chi connectivity index (χ4n) is 9.83. The van der Waals surface area contributed by atoms with Crippen molar-refractivity contribution in [2.24, 2.45) is 21.7 Å². The number of ether oxygens (including phenoxy) is 15. The van der Waals surface area contributed by atoms with Gasteiger partial charge in [-0.2, -0.15) is 8.42 Å². The van der Waals surface area contributed by atoms with Crippen LogP contribution in [0.3, 0.4) is 0 Å². The van der Waals surface area contributed by atoms with Gasteiger partial charge in [-0.25, -0.2) is 4.18 Å². The molecule has 0 saturated carbocycles. The molecule has 4 aliphatic heterocycles. The number of amides is 2. The predicted molar refractivity (Wildman–Crippen MR) is 318 cm³/mol. The zero-order valence-corrected chi connectivity index (χ0v) is 57.0. The minimum Gasteiger partial charge on any atom is -0.462 e. The van der Waals surface area contributed by atoms with Crippen LogP contribution < -0.4 is 10.6 Å². The Kier molecular flexibility index (Phi) is 27.6. The lowest BCUT2D eigenvalue weighted by atomic mass is 9.93. The number of carbonyl (C=O) groups is 9. The van der Waals surface area contributed by atoms with Gasteiger partial charge in [-0.15, -0.1) is 0 Å². The summed E-state index contributed by atoms with van der Waals surface area (Å²) in [6.07, 6.45) is -36.3. The number of benzene rings is 1. The molecule has 1 aromatic rings. The molecule has 0 bridgehead atoms. The molecular weight excluding hydrogens is 1290 g/mol. The van der Waals surface area contributed by atoms with Crippen molar-refractivity contribution < 1.29 is 147 Å². The van der Waals surface area contributed by atoms with E-state index >= 15 is 0 Å². The van der Waals surface area contributed by atoms with E-state index in [0.717, 1.165) is 34.6 Å². The number of nitrogens with one attached hydrogen (secondary N) is 2. The molecule has 6 N–H and O–H groups in total. The summed E-state index contributed by atoms with van der Waals surface area (Å²) in [6.45, 7) is 19.6.